The van der Waals surface area contributed by atoms with Gasteiger partial charge in [0.1, 0.15) is 0 Å². The summed E-state index contributed by atoms with van der Waals surface area (Å²) in [5.41, 5.74) is 1.24. The van der Waals surface area contributed by atoms with Crippen LogP contribution in [0.2, 0.25) is 0 Å². The fourth-order valence-corrected chi connectivity index (χ4v) is 3.63. The third kappa shape index (κ3) is 3.32. The van der Waals surface area contributed by atoms with E-state index in [-0.39, 0.29) is 0 Å². The second-order valence-corrected chi connectivity index (χ2v) is 6.83. The third-order valence-electron chi connectivity index (χ3n) is 4.57. The summed E-state index contributed by atoms with van der Waals surface area (Å²) in [6.45, 7) is 7.09. The number of aromatic nitrogens is 1. The Morgan fingerprint density at radius 2 is 1.75 bits per heavy atom. The predicted octanol–water partition coefficient (Wildman–Crippen LogP) is 2.06. The lowest BCUT2D eigenvalue weighted by Crippen LogP contribution is -2.53. The molecule has 5 heteroatoms. The highest BCUT2D eigenvalue weighted by Crippen LogP contribution is 2.22. The first-order chi connectivity index (χ1) is 9.72. The van der Waals surface area contributed by atoms with E-state index in [9.17, 15) is 0 Å². The van der Waals surface area contributed by atoms with Crippen molar-refractivity contribution in [2.24, 2.45) is 0 Å². The SMILES string of the molecule is CN1CCC(N2CCN(c3cncc(Br)c3)CC2)CC1. The minimum atomic E-state index is 0.800. The number of halogens is 1. The monoisotopic (exact) mass is 338 g/mol. The molecule has 2 aliphatic heterocycles. The van der Waals surface area contributed by atoms with Crippen molar-refractivity contribution in [1.82, 2.24) is 14.8 Å². The smallest absolute Gasteiger partial charge is 0.0564 e. The van der Waals surface area contributed by atoms with Gasteiger partial charge in [0.2, 0.25) is 0 Å². The predicted molar refractivity (Wildman–Crippen MR) is 86.2 cm³/mol. The molecule has 4 nitrogen and oxygen atoms in total. The Bertz CT molecular complexity index is 437. The Morgan fingerprint density at radius 1 is 1.05 bits per heavy atom. The quantitative estimate of drug-likeness (QED) is 0.823. The molecule has 0 radical (unpaired) electrons. The standard InChI is InChI=1S/C15H23BrN4/c1-18-4-2-14(3-5-18)19-6-8-20(9-7-19)15-10-13(16)11-17-12-15/h10-12,14H,2-9H2,1H3. The van der Waals surface area contributed by atoms with E-state index < -0.39 is 0 Å². The Morgan fingerprint density at radius 3 is 2.40 bits per heavy atom. The van der Waals surface area contributed by atoms with Gasteiger partial charge in [-0.25, -0.2) is 0 Å². The van der Waals surface area contributed by atoms with E-state index in [2.05, 4.69) is 48.7 Å². The van der Waals surface area contributed by atoms with Crippen LogP contribution < -0.4 is 4.90 Å². The van der Waals surface area contributed by atoms with Gasteiger partial charge in [-0.3, -0.25) is 9.88 Å². The van der Waals surface area contributed by atoms with E-state index >= 15 is 0 Å². The van der Waals surface area contributed by atoms with Gasteiger partial charge in [-0.2, -0.15) is 0 Å². The maximum Gasteiger partial charge on any atom is 0.0564 e. The first kappa shape index (κ1) is 14.3. The van der Waals surface area contributed by atoms with Gasteiger partial charge < -0.3 is 9.80 Å². The largest absolute Gasteiger partial charge is 0.368 e. The number of pyridine rings is 1. The van der Waals surface area contributed by atoms with Gasteiger partial charge in [0.15, 0.2) is 0 Å². The second kappa shape index (κ2) is 6.41. The van der Waals surface area contributed by atoms with Gasteiger partial charge in [-0.15, -0.1) is 0 Å². The molecule has 0 N–H and O–H groups in total. The number of piperidine rings is 1. The Hall–Kier alpha value is -0.650. The molecule has 0 amide bonds. The van der Waals surface area contributed by atoms with Gasteiger partial charge in [0.25, 0.3) is 0 Å². The molecular formula is C15H23BrN4. The normalized spacial score (nSPS) is 23.2. The van der Waals surface area contributed by atoms with E-state index in [1.165, 1.54) is 44.7 Å². The molecule has 2 fully saturated rings. The van der Waals surface area contributed by atoms with Crippen LogP contribution in [0, 0.1) is 0 Å². The van der Waals surface area contributed by atoms with Crippen molar-refractivity contribution in [3.63, 3.8) is 0 Å². The molecule has 2 saturated heterocycles. The highest BCUT2D eigenvalue weighted by Gasteiger charge is 2.26. The molecular weight excluding hydrogens is 316 g/mol. The topological polar surface area (TPSA) is 22.6 Å². The van der Waals surface area contributed by atoms with Crippen LogP contribution in [0.5, 0.6) is 0 Å². The van der Waals surface area contributed by atoms with E-state index in [0.29, 0.717) is 0 Å². The molecule has 3 heterocycles. The highest BCUT2D eigenvalue weighted by atomic mass is 79.9. The molecule has 2 aliphatic rings. The number of anilines is 1. The first-order valence-corrected chi connectivity index (χ1v) is 8.30. The summed E-state index contributed by atoms with van der Waals surface area (Å²) in [6.07, 6.45) is 6.47. The fraction of sp³-hybridized carbons (Fsp3) is 0.667. The molecule has 1 aromatic rings. The van der Waals surface area contributed by atoms with Crippen molar-refractivity contribution in [3.8, 4) is 0 Å². The lowest BCUT2D eigenvalue weighted by Gasteiger charge is -2.42. The zero-order chi connectivity index (χ0) is 13.9. The van der Waals surface area contributed by atoms with Crippen LogP contribution in [0.4, 0.5) is 5.69 Å². The first-order valence-electron chi connectivity index (χ1n) is 7.50. The lowest BCUT2D eigenvalue weighted by atomic mass is 10.0. The molecule has 0 saturated carbocycles. The van der Waals surface area contributed by atoms with Crippen molar-refractivity contribution in [2.45, 2.75) is 18.9 Å². The third-order valence-corrected chi connectivity index (χ3v) is 5.01. The Labute approximate surface area is 129 Å². The number of rotatable bonds is 2. The highest BCUT2D eigenvalue weighted by molar-refractivity contribution is 9.10. The maximum absolute atomic E-state index is 4.27. The van der Waals surface area contributed by atoms with Crippen molar-refractivity contribution in [1.29, 1.82) is 0 Å². The molecule has 0 spiro atoms. The zero-order valence-electron chi connectivity index (χ0n) is 12.1. The molecule has 20 heavy (non-hydrogen) atoms. The molecule has 0 atom stereocenters. The van der Waals surface area contributed by atoms with Crippen LogP contribution in [0.25, 0.3) is 0 Å². The summed E-state index contributed by atoms with van der Waals surface area (Å²) in [4.78, 5) is 11.9. The lowest BCUT2D eigenvalue weighted by molar-refractivity contribution is 0.115. The summed E-state index contributed by atoms with van der Waals surface area (Å²) in [5, 5.41) is 0. The van der Waals surface area contributed by atoms with Crippen LogP contribution in [-0.4, -0.2) is 67.1 Å². The average molecular weight is 339 g/mol. The minimum Gasteiger partial charge on any atom is -0.368 e. The summed E-state index contributed by atoms with van der Waals surface area (Å²) >= 11 is 3.50. The van der Waals surface area contributed by atoms with Crippen LogP contribution >= 0.6 is 15.9 Å². The number of nitrogens with zero attached hydrogens (tertiary/aromatic N) is 4. The van der Waals surface area contributed by atoms with Gasteiger partial charge in [0, 0.05) is 42.9 Å². The number of piperazine rings is 1. The number of hydrogen-bond acceptors (Lipinski definition) is 4. The Balaban J connectivity index is 1.54. The van der Waals surface area contributed by atoms with Crippen LogP contribution in [0.3, 0.4) is 0 Å². The second-order valence-electron chi connectivity index (χ2n) is 5.92. The van der Waals surface area contributed by atoms with E-state index in [1.807, 2.05) is 12.4 Å². The molecule has 0 aromatic carbocycles. The van der Waals surface area contributed by atoms with Gasteiger partial charge >= 0.3 is 0 Å². The number of likely N-dealkylation sites (tertiary alicyclic amines) is 1. The Kier molecular flexibility index (Phi) is 4.58. The van der Waals surface area contributed by atoms with Crippen molar-refractivity contribution in [2.75, 3.05) is 51.2 Å². The molecule has 0 unspecified atom stereocenters. The van der Waals surface area contributed by atoms with E-state index in [0.717, 1.165) is 23.6 Å². The van der Waals surface area contributed by atoms with Crippen LogP contribution in [0.1, 0.15) is 12.8 Å². The fourth-order valence-electron chi connectivity index (χ4n) is 3.28. The van der Waals surface area contributed by atoms with Crippen LogP contribution in [0.15, 0.2) is 22.9 Å². The molecule has 0 bridgehead atoms. The average Bonchev–Trinajstić information content (AvgIpc) is 2.48. The molecule has 1 aromatic heterocycles. The van der Waals surface area contributed by atoms with E-state index in [1.54, 1.807) is 0 Å². The van der Waals surface area contributed by atoms with Crippen molar-refractivity contribution >= 4 is 21.6 Å². The maximum atomic E-state index is 4.27. The van der Waals surface area contributed by atoms with Gasteiger partial charge in [-0.05, 0) is 55.0 Å². The van der Waals surface area contributed by atoms with Crippen molar-refractivity contribution < 1.29 is 0 Å². The van der Waals surface area contributed by atoms with Crippen molar-refractivity contribution in [3.05, 3.63) is 22.9 Å². The molecule has 0 aliphatic carbocycles. The summed E-state index contributed by atoms with van der Waals surface area (Å²) in [7, 11) is 2.23. The summed E-state index contributed by atoms with van der Waals surface area (Å²) < 4.78 is 1.06. The minimum absolute atomic E-state index is 0.800. The molecule has 110 valence electrons. The zero-order valence-corrected chi connectivity index (χ0v) is 13.7. The van der Waals surface area contributed by atoms with Crippen LogP contribution in [-0.2, 0) is 0 Å². The van der Waals surface area contributed by atoms with Gasteiger partial charge in [0.05, 0.1) is 11.9 Å². The van der Waals surface area contributed by atoms with E-state index in [4.69, 9.17) is 0 Å². The number of hydrogen-bond donors (Lipinski definition) is 0. The van der Waals surface area contributed by atoms with Gasteiger partial charge in [-0.1, -0.05) is 0 Å². The molecule has 3 rings (SSSR count). The summed E-state index contributed by atoms with van der Waals surface area (Å²) in [5.74, 6) is 0. The summed E-state index contributed by atoms with van der Waals surface area (Å²) in [6, 6.07) is 2.96.